The second-order valence-electron chi connectivity index (χ2n) is 5.88. The maximum atomic E-state index is 12.6. The average Bonchev–Trinajstić information content (AvgIpc) is 3.23. The molecule has 142 valence electrons. The minimum atomic E-state index is -0.721. The number of nitrogens with one attached hydrogen (secondary N) is 1. The maximum absolute atomic E-state index is 12.6. The summed E-state index contributed by atoms with van der Waals surface area (Å²) in [7, 11) is 0. The molecule has 1 atom stereocenters. The van der Waals surface area contributed by atoms with Gasteiger partial charge in [-0.3, -0.25) is 14.9 Å². The van der Waals surface area contributed by atoms with E-state index in [0.29, 0.717) is 5.56 Å². The monoisotopic (exact) mass is 380 g/mol. The molecule has 1 aromatic heterocycles. The molecule has 0 saturated heterocycles. The molecular formula is C20H16N2O6. The number of nitro benzene ring substituents is 1. The lowest BCUT2D eigenvalue weighted by Crippen LogP contribution is -2.16. The summed E-state index contributed by atoms with van der Waals surface area (Å²) in [4.78, 5) is 35.2. The lowest BCUT2D eigenvalue weighted by Gasteiger charge is -2.15. The number of benzene rings is 2. The number of hydrogen-bond acceptors (Lipinski definition) is 6. The normalized spacial score (nSPS) is 11.5. The molecule has 28 heavy (non-hydrogen) atoms. The van der Waals surface area contributed by atoms with Crippen LogP contribution in [0.15, 0.2) is 71.3 Å². The van der Waals surface area contributed by atoms with E-state index in [9.17, 15) is 19.7 Å². The molecule has 2 aromatic carbocycles. The third-order valence-corrected chi connectivity index (χ3v) is 3.97. The number of rotatable bonds is 6. The first-order valence-electron chi connectivity index (χ1n) is 8.35. The van der Waals surface area contributed by atoms with Gasteiger partial charge in [-0.05, 0) is 36.8 Å². The van der Waals surface area contributed by atoms with Gasteiger partial charge in [-0.15, -0.1) is 0 Å². The van der Waals surface area contributed by atoms with Gasteiger partial charge in [0.1, 0.15) is 6.10 Å². The lowest BCUT2D eigenvalue weighted by atomic mass is 10.1. The number of nitrogens with zero attached hydrogens (tertiary/aromatic N) is 1. The van der Waals surface area contributed by atoms with E-state index < -0.39 is 22.9 Å². The molecule has 0 spiro atoms. The molecule has 0 bridgehead atoms. The molecule has 3 rings (SSSR count). The number of furan rings is 1. The molecule has 0 aliphatic carbocycles. The van der Waals surface area contributed by atoms with Gasteiger partial charge in [-0.25, -0.2) is 4.79 Å². The van der Waals surface area contributed by atoms with Crippen molar-refractivity contribution in [3.8, 4) is 0 Å². The van der Waals surface area contributed by atoms with Crippen LogP contribution in [0.4, 0.5) is 11.4 Å². The zero-order valence-electron chi connectivity index (χ0n) is 14.8. The standard InChI is InChI=1S/C20H16N2O6/c1-13(14-6-4-7-15(12-14)22(25)26)28-20(24)16-8-2-3-9-17(16)21-19(23)18-10-5-11-27-18/h2-13H,1H3,(H,21,23). The molecule has 1 unspecified atom stereocenters. The molecule has 0 radical (unpaired) electrons. The first-order chi connectivity index (χ1) is 13.5. The van der Waals surface area contributed by atoms with Crippen LogP contribution in [-0.4, -0.2) is 16.8 Å². The van der Waals surface area contributed by atoms with Gasteiger partial charge in [0, 0.05) is 12.1 Å². The van der Waals surface area contributed by atoms with E-state index in [1.807, 2.05) is 0 Å². The van der Waals surface area contributed by atoms with Gasteiger partial charge in [0.2, 0.25) is 0 Å². The summed E-state index contributed by atoms with van der Waals surface area (Å²) in [6.45, 7) is 1.61. The lowest BCUT2D eigenvalue weighted by molar-refractivity contribution is -0.385. The van der Waals surface area contributed by atoms with Crippen molar-refractivity contribution in [3.05, 3.63) is 93.9 Å². The molecule has 8 nitrogen and oxygen atoms in total. The van der Waals surface area contributed by atoms with Crippen LogP contribution in [0.2, 0.25) is 0 Å². The van der Waals surface area contributed by atoms with Crippen molar-refractivity contribution in [1.82, 2.24) is 0 Å². The van der Waals surface area contributed by atoms with Gasteiger partial charge < -0.3 is 14.5 Å². The Kier molecular flexibility index (Phi) is 5.50. The Labute approximate surface area is 159 Å². The largest absolute Gasteiger partial charge is 0.459 e. The number of para-hydroxylation sites is 1. The van der Waals surface area contributed by atoms with Crippen molar-refractivity contribution in [2.45, 2.75) is 13.0 Å². The predicted octanol–water partition coefficient (Wildman–Crippen LogP) is 4.36. The zero-order valence-corrected chi connectivity index (χ0v) is 14.8. The van der Waals surface area contributed by atoms with Crippen LogP contribution < -0.4 is 5.32 Å². The number of non-ortho nitro benzene ring substituents is 1. The summed E-state index contributed by atoms with van der Waals surface area (Å²) in [5.74, 6) is -1.07. The number of anilines is 1. The van der Waals surface area contributed by atoms with E-state index in [0.717, 1.165) is 0 Å². The second-order valence-corrected chi connectivity index (χ2v) is 5.88. The van der Waals surface area contributed by atoms with Crippen molar-refractivity contribution in [2.75, 3.05) is 5.32 Å². The number of amides is 1. The number of carbonyl (C=O) groups excluding carboxylic acids is 2. The van der Waals surface area contributed by atoms with Crippen LogP contribution in [0.3, 0.4) is 0 Å². The number of esters is 1. The Hall–Kier alpha value is -3.94. The molecule has 8 heteroatoms. The fourth-order valence-electron chi connectivity index (χ4n) is 2.55. The Balaban J connectivity index is 1.76. The first kappa shape index (κ1) is 18.8. The molecule has 1 amide bonds. The molecule has 0 aliphatic heterocycles. The molecular weight excluding hydrogens is 364 g/mol. The smallest absolute Gasteiger partial charge is 0.340 e. The summed E-state index contributed by atoms with van der Waals surface area (Å²) in [6, 6.07) is 15.3. The molecule has 0 aliphatic rings. The summed E-state index contributed by atoms with van der Waals surface area (Å²) >= 11 is 0. The van der Waals surface area contributed by atoms with Crippen LogP contribution in [0.25, 0.3) is 0 Å². The highest BCUT2D eigenvalue weighted by Gasteiger charge is 2.20. The van der Waals surface area contributed by atoms with Crippen molar-refractivity contribution < 1.29 is 23.7 Å². The van der Waals surface area contributed by atoms with Gasteiger partial charge in [-0.2, -0.15) is 0 Å². The summed E-state index contributed by atoms with van der Waals surface area (Å²) in [5.41, 5.74) is 0.811. The highest BCUT2D eigenvalue weighted by atomic mass is 16.6. The Morgan fingerprint density at radius 1 is 1.11 bits per heavy atom. The number of hydrogen-bond donors (Lipinski definition) is 1. The Morgan fingerprint density at radius 2 is 1.89 bits per heavy atom. The van der Waals surface area contributed by atoms with E-state index in [4.69, 9.17) is 9.15 Å². The van der Waals surface area contributed by atoms with Crippen LogP contribution in [0.1, 0.15) is 39.5 Å². The third-order valence-electron chi connectivity index (χ3n) is 3.97. The second kappa shape index (κ2) is 8.17. The fraction of sp³-hybridized carbons (Fsp3) is 0.100. The van der Waals surface area contributed by atoms with E-state index in [1.165, 1.54) is 36.6 Å². The quantitative estimate of drug-likeness (QED) is 0.386. The van der Waals surface area contributed by atoms with Crippen molar-refractivity contribution in [3.63, 3.8) is 0 Å². The van der Waals surface area contributed by atoms with Crippen LogP contribution in [0.5, 0.6) is 0 Å². The van der Waals surface area contributed by atoms with E-state index in [1.54, 1.807) is 37.3 Å². The summed E-state index contributed by atoms with van der Waals surface area (Å²) in [5, 5.41) is 13.5. The number of ether oxygens (including phenoxy) is 1. The topological polar surface area (TPSA) is 112 Å². The van der Waals surface area contributed by atoms with Crippen molar-refractivity contribution >= 4 is 23.3 Å². The highest BCUT2D eigenvalue weighted by molar-refractivity contribution is 6.06. The highest BCUT2D eigenvalue weighted by Crippen LogP contribution is 2.25. The van der Waals surface area contributed by atoms with E-state index >= 15 is 0 Å². The predicted molar refractivity (Wildman–Crippen MR) is 100 cm³/mol. The van der Waals surface area contributed by atoms with Gasteiger partial charge in [-0.1, -0.05) is 24.3 Å². The SMILES string of the molecule is CC(OC(=O)c1ccccc1NC(=O)c1ccco1)c1cccc([N+](=O)[O-])c1. The molecule has 3 aromatic rings. The number of carbonyl (C=O) groups is 2. The van der Waals surface area contributed by atoms with Gasteiger partial charge in [0.15, 0.2) is 5.76 Å². The van der Waals surface area contributed by atoms with Gasteiger partial charge >= 0.3 is 5.97 Å². The zero-order chi connectivity index (χ0) is 20.1. The van der Waals surface area contributed by atoms with Crippen LogP contribution in [-0.2, 0) is 4.74 Å². The minimum Gasteiger partial charge on any atom is -0.459 e. The molecule has 0 fully saturated rings. The summed E-state index contributed by atoms with van der Waals surface area (Å²) < 4.78 is 10.5. The maximum Gasteiger partial charge on any atom is 0.340 e. The first-order valence-corrected chi connectivity index (χ1v) is 8.35. The van der Waals surface area contributed by atoms with Crippen molar-refractivity contribution in [2.24, 2.45) is 0 Å². The number of nitro groups is 1. The molecule has 1 N–H and O–H groups in total. The van der Waals surface area contributed by atoms with Gasteiger partial charge in [0.05, 0.1) is 22.4 Å². The molecule has 1 heterocycles. The Morgan fingerprint density at radius 3 is 2.61 bits per heavy atom. The average molecular weight is 380 g/mol. The van der Waals surface area contributed by atoms with E-state index in [-0.39, 0.29) is 22.7 Å². The van der Waals surface area contributed by atoms with Gasteiger partial charge in [0.25, 0.3) is 11.6 Å². The van der Waals surface area contributed by atoms with E-state index in [2.05, 4.69) is 5.32 Å². The Bertz CT molecular complexity index is 1010. The minimum absolute atomic E-state index is 0.0912. The third kappa shape index (κ3) is 4.24. The fourth-order valence-corrected chi connectivity index (χ4v) is 2.55. The molecule has 0 saturated carbocycles. The van der Waals surface area contributed by atoms with Crippen LogP contribution in [0, 0.1) is 10.1 Å². The summed E-state index contributed by atoms with van der Waals surface area (Å²) in [6.07, 6.45) is 0.650. The van der Waals surface area contributed by atoms with Crippen molar-refractivity contribution in [1.29, 1.82) is 0 Å². The van der Waals surface area contributed by atoms with Crippen LogP contribution >= 0.6 is 0 Å².